The van der Waals surface area contributed by atoms with E-state index >= 15 is 0 Å². The number of ether oxygens (including phenoxy) is 1. The number of benzene rings is 1. The molecule has 24 heavy (non-hydrogen) atoms. The zero-order chi connectivity index (χ0) is 17.6. The summed E-state index contributed by atoms with van der Waals surface area (Å²) in [6.07, 6.45) is 6.33. The monoisotopic (exact) mass is 331 g/mol. The van der Waals surface area contributed by atoms with Crippen LogP contribution in [0, 0.1) is 11.3 Å². The van der Waals surface area contributed by atoms with Crippen molar-refractivity contribution in [3.8, 4) is 5.75 Å². The van der Waals surface area contributed by atoms with E-state index in [0.717, 1.165) is 25.0 Å². The van der Waals surface area contributed by atoms with Gasteiger partial charge in [-0.2, -0.15) is 0 Å². The van der Waals surface area contributed by atoms with E-state index in [9.17, 15) is 9.59 Å². The second-order valence-corrected chi connectivity index (χ2v) is 7.40. The molecule has 4 nitrogen and oxygen atoms in total. The fraction of sp³-hybridized carbons (Fsp3) is 0.600. The summed E-state index contributed by atoms with van der Waals surface area (Å²) in [5.74, 6) is 1.08. The van der Waals surface area contributed by atoms with Crippen molar-refractivity contribution in [3.63, 3.8) is 0 Å². The quantitative estimate of drug-likeness (QED) is 0.769. The molecular formula is C20H29NO3. The molecule has 0 aliphatic heterocycles. The number of hydrogen-bond acceptors (Lipinski definition) is 3. The van der Waals surface area contributed by atoms with E-state index in [4.69, 9.17) is 4.74 Å². The maximum absolute atomic E-state index is 12.1. The summed E-state index contributed by atoms with van der Waals surface area (Å²) in [7, 11) is 0. The Kier molecular flexibility index (Phi) is 6.41. The lowest BCUT2D eigenvalue weighted by atomic mass is 9.69. The molecule has 1 aromatic carbocycles. The molecule has 0 bridgehead atoms. The third kappa shape index (κ3) is 4.83. The third-order valence-electron chi connectivity index (χ3n) is 5.51. The van der Waals surface area contributed by atoms with Gasteiger partial charge in [-0.3, -0.25) is 9.59 Å². The van der Waals surface area contributed by atoms with Gasteiger partial charge in [0, 0.05) is 6.04 Å². The minimum Gasteiger partial charge on any atom is -0.483 e. The van der Waals surface area contributed by atoms with Gasteiger partial charge in [0.25, 0.3) is 5.91 Å². The van der Waals surface area contributed by atoms with Gasteiger partial charge in [-0.15, -0.1) is 0 Å². The van der Waals surface area contributed by atoms with Crippen LogP contribution in [0.2, 0.25) is 0 Å². The fourth-order valence-electron chi connectivity index (χ4n) is 3.43. The van der Waals surface area contributed by atoms with Gasteiger partial charge in [0.15, 0.2) is 12.9 Å². The Hall–Kier alpha value is -1.84. The van der Waals surface area contributed by atoms with Gasteiger partial charge in [-0.1, -0.05) is 39.3 Å². The predicted molar refractivity (Wildman–Crippen MR) is 95.3 cm³/mol. The first kappa shape index (κ1) is 18.5. The molecule has 0 aromatic heterocycles. The van der Waals surface area contributed by atoms with Gasteiger partial charge in [0.05, 0.1) is 5.56 Å². The van der Waals surface area contributed by atoms with Crippen molar-refractivity contribution in [1.82, 2.24) is 5.32 Å². The Morgan fingerprint density at radius 1 is 1.25 bits per heavy atom. The summed E-state index contributed by atoms with van der Waals surface area (Å²) >= 11 is 0. The number of nitrogens with one attached hydrogen (secondary N) is 1. The Balaban J connectivity index is 1.77. The number of amides is 1. The van der Waals surface area contributed by atoms with Crippen molar-refractivity contribution in [2.45, 2.75) is 58.9 Å². The molecule has 0 spiro atoms. The largest absolute Gasteiger partial charge is 0.483 e. The zero-order valence-corrected chi connectivity index (χ0v) is 15.0. The van der Waals surface area contributed by atoms with Gasteiger partial charge in [-0.05, 0) is 49.1 Å². The molecule has 4 heteroatoms. The summed E-state index contributed by atoms with van der Waals surface area (Å²) in [6, 6.07) is 7.18. The minimum absolute atomic E-state index is 0.0504. The maximum atomic E-state index is 12.1. The number of carbonyl (C=O) groups is 2. The van der Waals surface area contributed by atoms with Crippen LogP contribution in [0.15, 0.2) is 24.3 Å². The molecule has 0 atom stereocenters. The van der Waals surface area contributed by atoms with Crippen molar-refractivity contribution in [3.05, 3.63) is 29.8 Å². The minimum atomic E-state index is -0.117. The average Bonchev–Trinajstić information content (AvgIpc) is 2.60. The highest BCUT2D eigenvalue weighted by atomic mass is 16.5. The van der Waals surface area contributed by atoms with Crippen LogP contribution in [0.25, 0.3) is 0 Å². The van der Waals surface area contributed by atoms with Gasteiger partial charge < -0.3 is 10.1 Å². The van der Waals surface area contributed by atoms with Crippen LogP contribution < -0.4 is 10.1 Å². The van der Waals surface area contributed by atoms with E-state index in [2.05, 4.69) is 26.1 Å². The number of rotatable bonds is 7. The molecule has 1 N–H and O–H groups in total. The van der Waals surface area contributed by atoms with E-state index in [1.807, 2.05) is 0 Å². The molecule has 1 fully saturated rings. The first-order valence-corrected chi connectivity index (χ1v) is 8.92. The second-order valence-electron chi connectivity index (χ2n) is 7.40. The third-order valence-corrected chi connectivity index (χ3v) is 5.51. The van der Waals surface area contributed by atoms with Crippen LogP contribution in [0.1, 0.15) is 63.2 Å². The van der Waals surface area contributed by atoms with E-state index in [1.165, 1.54) is 19.3 Å². The maximum Gasteiger partial charge on any atom is 0.258 e. The lowest BCUT2D eigenvalue weighted by Gasteiger charge is -2.39. The van der Waals surface area contributed by atoms with Crippen molar-refractivity contribution in [2.24, 2.45) is 11.3 Å². The molecule has 0 heterocycles. The molecule has 0 saturated heterocycles. The van der Waals surface area contributed by atoms with Crippen molar-refractivity contribution in [2.75, 3.05) is 6.61 Å². The average molecular weight is 331 g/mol. The van der Waals surface area contributed by atoms with Crippen LogP contribution in [0.3, 0.4) is 0 Å². The number of hydrogen-bond donors (Lipinski definition) is 1. The molecule has 1 saturated carbocycles. The SMILES string of the molecule is CCC(C)(C)C1CCC(NC(=O)COc2ccccc2C=O)CC1. The zero-order valence-electron chi connectivity index (χ0n) is 15.0. The van der Waals surface area contributed by atoms with Gasteiger partial charge in [0.2, 0.25) is 0 Å². The van der Waals surface area contributed by atoms with Crippen molar-refractivity contribution >= 4 is 12.2 Å². The molecule has 1 amide bonds. The lowest BCUT2D eigenvalue weighted by Crippen LogP contribution is -2.41. The summed E-state index contributed by atoms with van der Waals surface area (Å²) in [5, 5.41) is 3.06. The molecule has 0 radical (unpaired) electrons. The summed E-state index contributed by atoms with van der Waals surface area (Å²) in [4.78, 5) is 23.0. The van der Waals surface area contributed by atoms with E-state index < -0.39 is 0 Å². The lowest BCUT2D eigenvalue weighted by molar-refractivity contribution is -0.124. The molecule has 1 aromatic rings. The second kappa shape index (κ2) is 8.32. The topological polar surface area (TPSA) is 55.4 Å². The van der Waals surface area contributed by atoms with Crippen LogP contribution in [-0.2, 0) is 4.79 Å². The van der Waals surface area contributed by atoms with Gasteiger partial charge in [0.1, 0.15) is 5.75 Å². The molecule has 1 aliphatic rings. The van der Waals surface area contributed by atoms with Crippen LogP contribution >= 0.6 is 0 Å². The van der Waals surface area contributed by atoms with Crippen LogP contribution in [0.4, 0.5) is 0 Å². The van der Waals surface area contributed by atoms with Crippen molar-refractivity contribution in [1.29, 1.82) is 0 Å². The van der Waals surface area contributed by atoms with E-state index in [-0.39, 0.29) is 18.6 Å². The number of para-hydroxylation sites is 1. The molecule has 0 unspecified atom stereocenters. The smallest absolute Gasteiger partial charge is 0.258 e. The highest BCUT2D eigenvalue weighted by Gasteiger charge is 2.32. The molecule has 132 valence electrons. The van der Waals surface area contributed by atoms with Gasteiger partial charge >= 0.3 is 0 Å². The van der Waals surface area contributed by atoms with Crippen LogP contribution in [-0.4, -0.2) is 24.8 Å². The summed E-state index contributed by atoms with van der Waals surface area (Å²) in [5.41, 5.74) is 0.851. The first-order chi connectivity index (χ1) is 11.5. The standard InChI is InChI=1S/C20H29NO3/c1-4-20(2,3)16-9-11-17(12-10-16)21-19(23)14-24-18-8-6-5-7-15(18)13-22/h5-8,13,16-17H,4,9-12,14H2,1-3H3,(H,21,23). The molecule has 1 aliphatic carbocycles. The Labute approximate surface area is 145 Å². The fourth-order valence-corrected chi connectivity index (χ4v) is 3.43. The van der Waals surface area contributed by atoms with E-state index in [0.29, 0.717) is 16.7 Å². The highest BCUT2D eigenvalue weighted by molar-refractivity contribution is 5.80. The normalized spacial score (nSPS) is 21.1. The van der Waals surface area contributed by atoms with Crippen LogP contribution in [0.5, 0.6) is 5.75 Å². The Morgan fingerprint density at radius 2 is 1.92 bits per heavy atom. The van der Waals surface area contributed by atoms with Crippen molar-refractivity contribution < 1.29 is 14.3 Å². The Morgan fingerprint density at radius 3 is 2.54 bits per heavy atom. The summed E-state index contributed by atoms with van der Waals surface area (Å²) in [6.45, 7) is 6.89. The predicted octanol–water partition coefficient (Wildman–Crippen LogP) is 3.99. The van der Waals surface area contributed by atoms with Gasteiger partial charge in [-0.25, -0.2) is 0 Å². The van der Waals surface area contributed by atoms with E-state index in [1.54, 1.807) is 24.3 Å². The number of carbonyl (C=O) groups excluding carboxylic acids is 2. The molecule has 2 rings (SSSR count). The first-order valence-electron chi connectivity index (χ1n) is 8.92. The number of aldehydes is 1. The molecular weight excluding hydrogens is 302 g/mol. The Bertz CT molecular complexity index is 560. The highest BCUT2D eigenvalue weighted by Crippen LogP contribution is 2.40. The summed E-state index contributed by atoms with van der Waals surface area (Å²) < 4.78 is 5.48.